The molecule has 10 nitrogen and oxygen atoms in total. The third-order valence-corrected chi connectivity index (χ3v) is 4.73. The van der Waals surface area contributed by atoms with Crippen LogP contribution in [0.3, 0.4) is 0 Å². The minimum Gasteiger partial charge on any atom is -0.465 e. The minimum absolute atomic E-state index is 0.0583. The number of carbonyl (C=O) groups excluding carboxylic acids is 2. The normalized spacial score (nSPS) is 10.4. The van der Waals surface area contributed by atoms with E-state index in [1.165, 1.54) is 13.2 Å². The number of amides is 4. The molecular weight excluding hydrogens is 428 g/mol. The van der Waals surface area contributed by atoms with Crippen LogP contribution >= 0.6 is 0 Å². The maximum absolute atomic E-state index is 12.8. The molecule has 5 N–H and O–H groups in total. The van der Waals surface area contributed by atoms with Crippen molar-refractivity contribution in [2.45, 2.75) is 32.7 Å². The Hall–Kier alpha value is -3.79. The summed E-state index contributed by atoms with van der Waals surface area (Å²) in [5.74, 6) is 0.286. The molecule has 0 aromatic heterocycles. The van der Waals surface area contributed by atoms with Gasteiger partial charge in [0.2, 0.25) is 0 Å². The average Bonchev–Trinajstić information content (AvgIpc) is 2.79. The summed E-state index contributed by atoms with van der Waals surface area (Å²) in [6.07, 6.45) is 0.449. The highest BCUT2D eigenvalue weighted by atomic mass is 16.5. The molecule has 0 aliphatic carbocycles. The highest BCUT2D eigenvalue weighted by Crippen LogP contribution is 2.29. The number of methoxy groups -OCH3 is 1. The molecule has 0 saturated heterocycles. The smallest absolute Gasteiger partial charge is 0.409 e. The van der Waals surface area contributed by atoms with E-state index in [-0.39, 0.29) is 23.4 Å². The van der Waals surface area contributed by atoms with E-state index in [4.69, 9.17) is 14.6 Å². The highest BCUT2D eigenvalue weighted by Gasteiger charge is 2.16. The fraction of sp³-hybridized carbons (Fsp3) is 0.348. The first kappa shape index (κ1) is 25.5. The summed E-state index contributed by atoms with van der Waals surface area (Å²) in [7, 11) is 1.53. The van der Waals surface area contributed by atoms with Crippen LogP contribution in [0.25, 0.3) is 0 Å². The van der Waals surface area contributed by atoms with Gasteiger partial charge in [0.15, 0.2) is 0 Å². The van der Waals surface area contributed by atoms with Gasteiger partial charge in [-0.1, -0.05) is 13.8 Å². The van der Waals surface area contributed by atoms with Gasteiger partial charge in [0.1, 0.15) is 11.5 Å². The average molecular weight is 459 g/mol. The van der Waals surface area contributed by atoms with Crippen molar-refractivity contribution in [1.29, 1.82) is 0 Å². The van der Waals surface area contributed by atoms with E-state index in [0.717, 1.165) is 12.8 Å². The zero-order valence-corrected chi connectivity index (χ0v) is 18.9. The van der Waals surface area contributed by atoms with Crippen LogP contribution in [0, 0.1) is 0 Å². The maximum atomic E-state index is 12.8. The molecule has 0 bridgehead atoms. The topological polar surface area (TPSA) is 138 Å². The maximum Gasteiger partial charge on any atom is 0.409 e. The summed E-state index contributed by atoms with van der Waals surface area (Å²) in [4.78, 5) is 35.8. The van der Waals surface area contributed by atoms with E-state index >= 15 is 0 Å². The lowest BCUT2D eigenvalue weighted by atomic mass is 10.1. The Kier molecular flexibility index (Phi) is 9.97. The fourth-order valence-electron chi connectivity index (χ4n) is 2.94. The van der Waals surface area contributed by atoms with Gasteiger partial charge in [-0.05, 0) is 55.3 Å². The van der Waals surface area contributed by atoms with Gasteiger partial charge in [-0.15, -0.1) is 0 Å². The van der Waals surface area contributed by atoms with E-state index in [1.54, 1.807) is 36.4 Å². The zero-order valence-electron chi connectivity index (χ0n) is 18.9. The lowest BCUT2D eigenvalue weighted by Crippen LogP contribution is -2.37. The van der Waals surface area contributed by atoms with Crippen LogP contribution in [0.15, 0.2) is 42.5 Å². The number of anilines is 2. The van der Waals surface area contributed by atoms with Gasteiger partial charge in [-0.2, -0.15) is 0 Å². The molecule has 2 aromatic carbocycles. The SMILES string of the molecule is CCC(CC)NC(=O)Nc1ccc(Oc2ccc(NC(=O)O)cc2)c(C(=O)NCCOC)c1. The highest BCUT2D eigenvalue weighted by molar-refractivity contribution is 5.99. The number of benzene rings is 2. The number of carboxylic acid groups (broad SMARTS) is 1. The monoisotopic (exact) mass is 458 g/mol. The van der Waals surface area contributed by atoms with Crippen LogP contribution in [0.4, 0.5) is 21.0 Å². The molecule has 0 unspecified atom stereocenters. The number of ether oxygens (including phenoxy) is 2. The van der Waals surface area contributed by atoms with Gasteiger partial charge in [-0.25, -0.2) is 9.59 Å². The number of carbonyl (C=O) groups is 3. The third-order valence-electron chi connectivity index (χ3n) is 4.73. The number of hydrogen-bond donors (Lipinski definition) is 5. The first-order chi connectivity index (χ1) is 15.9. The lowest BCUT2D eigenvalue weighted by Gasteiger charge is -2.17. The van der Waals surface area contributed by atoms with Crippen LogP contribution in [-0.4, -0.2) is 49.4 Å². The fourth-order valence-corrected chi connectivity index (χ4v) is 2.94. The van der Waals surface area contributed by atoms with Gasteiger partial charge < -0.3 is 30.5 Å². The van der Waals surface area contributed by atoms with Crippen LogP contribution in [-0.2, 0) is 4.74 Å². The summed E-state index contributed by atoms with van der Waals surface area (Å²) in [6.45, 7) is 4.63. The van der Waals surface area contributed by atoms with Crippen molar-refractivity contribution in [2.24, 2.45) is 0 Å². The van der Waals surface area contributed by atoms with Crippen molar-refractivity contribution in [3.05, 3.63) is 48.0 Å². The molecule has 0 radical (unpaired) electrons. The Morgan fingerprint density at radius 1 is 0.970 bits per heavy atom. The predicted molar refractivity (Wildman–Crippen MR) is 125 cm³/mol. The Morgan fingerprint density at radius 2 is 1.64 bits per heavy atom. The molecule has 0 fully saturated rings. The number of rotatable bonds is 11. The van der Waals surface area contributed by atoms with Crippen LogP contribution in [0.2, 0.25) is 0 Å². The molecule has 2 rings (SSSR count). The summed E-state index contributed by atoms with van der Waals surface area (Å²) >= 11 is 0. The van der Waals surface area contributed by atoms with Crippen molar-refractivity contribution < 1.29 is 29.0 Å². The number of urea groups is 1. The molecule has 0 aliphatic heterocycles. The predicted octanol–water partition coefficient (Wildman–Crippen LogP) is 4.26. The Labute approximate surface area is 192 Å². The van der Waals surface area contributed by atoms with Crippen LogP contribution in [0.1, 0.15) is 37.0 Å². The van der Waals surface area contributed by atoms with Gasteiger partial charge in [0, 0.05) is 31.1 Å². The number of nitrogens with one attached hydrogen (secondary N) is 4. The molecule has 4 amide bonds. The molecule has 0 atom stereocenters. The van der Waals surface area contributed by atoms with Gasteiger partial charge in [0.05, 0.1) is 12.2 Å². The molecule has 0 heterocycles. The molecule has 178 valence electrons. The molecule has 0 aliphatic rings. The Bertz CT molecular complexity index is 944. The third kappa shape index (κ3) is 8.34. The van der Waals surface area contributed by atoms with Gasteiger partial charge in [0.25, 0.3) is 5.91 Å². The number of hydrogen-bond acceptors (Lipinski definition) is 5. The summed E-state index contributed by atoms with van der Waals surface area (Å²) in [5, 5.41) is 19.4. The van der Waals surface area contributed by atoms with E-state index in [2.05, 4.69) is 21.3 Å². The Morgan fingerprint density at radius 3 is 2.24 bits per heavy atom. The molecule has 0 spiro atoms. The second-order valence-corrected chi connectivity index (χ2v) is 7.13. The quantitative estimate of drug-likeness (QED) is 0.319. The molecule has 2 aromatic rings. The molecule has 33 heavy (non-hydrogen) atoms. The molecular formula is C23H30N4O6. The second kappa shape index (κ2) is 12.9. The van der Waals surface area contributed by atoms with Gasteiger partial charge >= 0.3 is 12.1 Å². The largest absolute Gasteiger partial charge is 0.465 e. The Balaban J connectivity index is 2.22. The summed E-state index contributed by atoms with van der Waals surface area (Å²) < 4.78 is 10.8. The van der Waals surface area contributed by atoms with E-state index in [0.29, 0.717) is 30.3 Å². The van der Waals surface area contributed by atoms with Crippen molar-refractivity contribution >= 4 is 29.4 Å². The van der Waals surface area contributed by atoms with Crippen molar-refractivity contribution in [1.82, 2.24) is 10.6 Å². The molecule has 10 heteroatoms. The zero-order chi connectivity index (χ0) is 24.2. The van der Waals surface area contributed by atoms with E-state index in [9.17, 15) is 14.4 Å². The van der Waals surface area contributed by atoms with E-state index < -0.39 is 12.0 Å². The first-order valence-corrected chi connectivity index (χ1v) is 10.6. The second-order valence-electron chi connectivity index (χ2n) is 7.13. The first-order valence-electron chi connectivity index (χ1n) is 10.6. The molecule has 0 saturated carbocycles. The van der Waals surface area contributed by atoms with Crippen LogP contribution in [0.5, 0.6) is 11.5 Å². The summed E-state index contributed by atoms with van der Waals surface area (Å²) in [5.41, 5.74) is 1.04. The summed E-state index contributed by atoms with van der Waals surface area (Å²) in [6, 6.07) is 10.7. The van der Waals surface area contributed by atoms with Crippen molar-refractivity contribution in [3.8, 4) is 11.5 Å². The van der Waals surface area contributed by atoms with Gasteiger partial charge in [-0.3, -0.25) is 10.1 Å². The standard InChI is InChI=1S/C23H30N4O6/c1-4-15(5-2)25-22(29)26-17-8-11-20(19(14-17)21(28)24-12-13-32-3)33-18-9-6-16(7-10-18)27-23(30)31/h6-11,14-15,27H,4-5,12-13H2,1-3H3,(H,24,28)(H,30,31)(H2,25,26,29). The van der Waals surface area contributed by atoms with Crippen molar-refractivity contribution in [2.75, 3.05) is 30.9 Å². The van der Waals surface area contributed by atoms with E-state index in [1.807, 2.05) is 13.8 Å². The van der Waals surface area contributed by atoms with Crippen molar-refractivity contribution in [3.63, 3.8) is 0 Å². The minimum atomic E-state index is -1.17. The lowest BCUT2D eigenvalue weighted by molar-refractivity contribution is 0.0934. The van der Waals surface area contributed by atoms with Crippen LogP contribution < -0.4 is 26.0 Å².